The minimum Gasteiger partial charge on any atom is -0.494 e. The van der Waals surface area contributed by atoms with Crippen LogP contribution in [0.2, 0.25) is 0 Å². The molecule has 0 unspecified atom stereocenters. The highest BCUT2D eigenvalue weighted by molar-refractivity contribution is 5.81. The summed E-state index contributed by atoms with van der Waals surface area (Å²) < 4.78 is 7.26. The maximum Gasteiger partial charge on any atom is 0.326 e. The number of nitrogens with one attached hydrogen (secondary N) is 1. The molecule has 0 bridgehead atoms. The fourth-order valence-electron chi connectivity index (χ4n) is 3.27. The molecule has 2 aromatic rings. The number of likely N-dealkylation sites (tertiary alicyclic amines) is 1. The number of ether oxygens (including phenoxy) is 1. The number of benzene rings is 1. The Labute approximate surface area is 124 Å². The normalized spacial score (nSPS) is 17.4. The maximum absolute atomic E-state index is 12.2. The van der Waals surface area contributed by atoms with Gasteiger partial charge in [-0.2, -0.15) is 0 Å². The van der Waals surface area contributed by atoms with Crippen LogP contribution in [0.1, 0.15) is 19.8 Å². The van der Waals surface area contributed by atoms with Crippen molar-refractivity contribution in [3.8, 4) is 5.75 Å². The van der Waals surface area contributed by atoms with Crippen molar-refractivity contribution in [2.24, 2.45) is 5.92 Å². The van der Waals surface area contributed by atoms with Crippen LogP contribution >= 0.6 is 0 Å². The molecule has 2 heterocycles. The first kappa shape index (κ1) is 14.2. The first-order valence-electron chi connectivity index (χ1n) is 7.70. The highest BCUT2D eigenvalue weighted by Crippen LogP contribution is 2.25. The van der Waals surface area contributed by atoms with Gasteiger partial charge in [0.05, 0.1) is 12.6 Å². The number of hydrogen-bond acceptors (Lipinski definition) is 3. The van der Waals surface area contributed by atoms with Gasteiger partial charge in [0.2, 0.25) is 0 Å². The van der Waals surface area contributed by atoms with E-state index in [4.69, 9.17) is 4.74 Å². The molecule has 1 saturated heterocycles. The van der Waals surface area contributed by atoms with Crippen molar-refractivity contribution in [2.75, 3.05) is 26.7 Å². The Morgan fingerprint density at radius 3 is 2.76 bits per heavy atom. The summed E-state index contributed by atoms with van der Waals surface area (Å²) >= 11 is 0. The minimum atomic E-state index is -0.0348. The van der Waals surface area contributed by atoms with E-state index in [2.05, 4.69) is 16.8 Å². The molecule has 5 heteroatoms. The van der Waals surface area contributed by atoms with E-state index < -0.39 is 0 Å². The number of imidazole rings is 1. The lowest BCUT2D eigenvalue weighted by molar-refractivity contribution is 0.181. The van der Waals surface area contributed by atoms with Gasteiger partial charge in [0, 0.05) is 6.54 Å². The average Bonchev–Trinajstić information content (AvgIpc) is 2.84. The Hall–Kier alpha value is -1.75. The molecule has 1 fully saturated rings. The molecular weight excluding hydrogens is 266 g/mol. The van der Waals surface area contributed by atoms with Crippen LogP contribution in [-0.2, 0) is 6.54 Å². The van der Waals surface area contributed by atoms with Crippen LogP contribution in [0.3, 0.4) is 0 Å². The minimum absolute atomic E-state index is 0.0348. The Balaban J connectivity index is 1.87. The average molecular weight is 289 g/mol. The lowest BCUT2D eigenvalue weighted by atomic mass is 9.96. The van der Waals surface area contributed by atoms with Crippen molar-refractivity contribution in [1.82, 2.24) is 14.5 Å². The number of H-pyrrole nitrogens is 1. The number of methoxy groups -OCH3 is 1. The first-order valence-corrected chi connectivity index (χ1v) is 7.70. The van der Waals surface area contributed by atoms with E-state index in [1.165, 1.54) is 0 Å². The molecular formula is C16H23N3O2. The topological polar surface area (TPSA) is 50.3 Å². The van der Waals surface area contributed by atoms with Crippen LogP contribution in [-0.4, -0.2) is 41.2 Å². The van der Waals surface area contributed by atoms with Crippen LogP contribution in [0.15, 0.2) is 23.0 Å². The monoisotopic (exact) mass is 289 g/mol. The molecule has 1 aromatic heterocycles. The summed E-state index contributed by atoms with van der Waals surface area (Å²) in [6.45, 7) is 6.37. The third-order valence-electron chi connectivity index (χ3n) is 4.57. The van der Waals surface area contributed by atoms with Crippen molar-refractivity contribution in [1.29, 1.82) is 0 Å². The van der Waals surface area contributed by atoms with Gasteiger partial charge in [0.15, 0.2) is 0 Å². The molecule has 0 saturated carbocycles. The van der Waals surface area contributed by atoms with E-state index in [1.807, 2.05) is 22.8 Å². The molecule has 1 aromatic carbocycles. The molecule has 21 heavy (non-hydrogen) atoms. The van der Waals surface area contributed by atoms with Crippen LogP contribution in [0.25, 0.3) is 11.0 Å². The molecule has 0 atom stereocenters. The molecule has 3 rings (SSSR count). The van der Waals surface area contributed by atoms with Crippen molar-refractivity contribution >= 4 is 11.0 Å². The number of aromatic nitrogens is 2. The molecule has 1 aliphatic rings. The summed E-state index contributed by atoms with van der Waals surface area (Å²) in [6.07, 6.45) is 2.31. The van der Waals surface area contributed by atoms with Crippen molar-refractivity contribution in [3.63, 3.8) is 0 Å². The third-order valence-corrected chi connectivity index (χ3v) is 4.57. The second kappa shape index (κ2) is 5.93. The largest absolute Gasteiger partial charge is 0.494 e. The first-order chi connectivity index (χ1) is 10.2. The number of rotatable bonds is 4. The van der Waals surface area contributed by atoms with Gasteiger partial charge in [0.25, 0.3) is 0 Å². The quantitative estimate of drug-likeness (QED) is 0.937. The summed E-state index contributed by atoms with van der Waals surface area (Å²) in [5, 5.41) is 0. The van der Waals surface area contributed by atoms with E-state index in [0.29, 0.717) is 5.92 Å². The summed E-state index contributed by atoms with van der Waals surface area (Å²) in [5.41, 5.74) is 1.71. The van der Waals surface area contributed by atoms with E-state index in [-0.39, 0.29) is 5.69 Å². The highest BCUT2D eigenvalue weighted by atomic mass is 16.5. The Bertz CT molecular complexity index is 666. The summed E-state index contributed by atoms with van der Waals surface area (Å²) in [5.74, 6) is 1.33. The van der Waals surface area contributed by atoms with Gasteiger partial charge < -0.3 is 14.6 Å². The van der Waals surface area contributed by atoms with E-state index in [1.54, 1.807) is 7.11 Å². The van der Waals surface area contributed by atoms with Crippen molar-refractivity contribution in [3.05, 3.63) is 28.7 Å². The summed E-state index contributed by atoms with van der Waals surface area (Å²) in [6, 6.07) is 5.74. The predicted molar refractivity (Wildman–Crippen MR) is 83.9 cm³/mol. The molecule has 114 valence electrons. The zero-order valence-electron chi connectivity index (χ0n) is 12.8. The smallest absolute Gasteiger partial charge is 0.326 e. The van der Waals surface area contributed by atoms with E-state index in [9.17, 15) is 4.79 Å². The summed E-state index contributed by atoms with van der Waals surface area (Å²) in [4.78, 5) is 17.6. The van der Waals surface area contributed by atoms with Crippen LogP contribution in [0.5, 0.6) is 5.75 Å². The molecule has 0 amide bonds. The second-order valence-corrected chi connectivity index (χ2v) is 5.77. The van der Waals surface area contributed by atoms with Gasteiger partial charge in [-0.1, -0.05) is 13.0 Å². The number of piperidine rings is 1. The Morgan fingerprint density at radius 1 is 1.33 bits per heavy atom. The fourth-order valence-corrected chi connectivity index (χ4v) is 3.27. The van der Waals surface area contributed by atoms with Gasteiger partial charge in [-0.3, -0.25) is 4.57 Å². The van der Waals surface area contributed by atoms with Crippen molar-refractivity contribution < 1.29 is 4.74 Å². The number of hydrogen-bond donors (Lipinski definition) is 1. The standard InChI is InChI=1S/C16H23N3O2/c1-3-18-9-7-12(8-10-18)11-19-15-13(17-16(19)20)5-4-6-14(15)21-2/h4-6,12H,3,7-11H2,1-2H3,(H,17,20). The molecule has 1 N–H and O–H groups in total. The van der Waals surface area contributed by atoms with Crippen molar-refractivity contribution in [2.45, 2.75) is 26.3 Å². The molecule has 0 aliphatic carbocycles. The zero-order valence-corrected chi connectivity index (χ0v) is 12.8. The van der Waals surface area contributed by atoms with E-state index >= 15 is 0 Å². The van der Waals surface area contributed by atoms with Gasteiger partial charge in [0.1, 0.15) is 11.3 Å². The molecule has 0 radical (unpaired) electrons. The van der Waals surface area contributed by atoms with Gasteiger partial charge in [-0.25, -0.2) is 4.79 Å². The molecule has 1 aliphatic heterocycles. The SMILES string of the molecule is CCN1CCC(Cn2c(=O)[nH]c3cccc(OC)c32)CC1. The lowest BCUT2D eigenvalue weighted by Gasteiger charge is -2.31. The number of nitrogens with zero attached hydrogens (tertiary/aromatic N) is 2. The molecule has 0 spiro atoms. The lowest BCUT2D eigenvalue weighted by Crippen LogP contribution is -2.35. The van der Waals surface area contributed by atoms with Crippen LogP contribution < -0.4 is 10.4 Å². The predicted octanol–water partition coefficient (Wildman–Crippen LogP) is 2.07. The Kier molecular flexibility index (Phi) is 4.01. The third kappa shape index (κ3) is 2.70. The highest BCUT2D eigenvalue weighted by Gasteiger charge is 2.21. The number of para-hydroxylation sites is 1. The number of aromatic amines is 1. The fraction of sp³-hybridized carbons (Fsp3) is 0.562. The maximum atomic E-state index is 12.2. The molecule has 5 nitrogen and oxygen atoms in total. The number of fused-ring (bicyclic) bond motifs is 1. The van der Waals surface area contributed by atoms with Gasteiger partial charge in [-0.15, -0.1) is 0 Å². The van der Waals surface area contributed by atoms with Gasteiger partial charge in [-0.05, 0) is 50.5 Å². The van der Waals surface area contributed by atoms with Crippen LogP contribution in [0, 0.1) is 5.92 Å². The zero-order chi connectivity index (χ0) is 14.8. The van der Waals surface area contributed by atoms with E-state index in [0.717, 1.165) is 55.8 Å². The van der Waals surface area contributed by atoms with Crippen LogP contribution in [0.4, 0.5) is 0 Å². The summed E-state index contributed by atoms with van der Waals surface area (Å²) in [7, 11) is 1.65. The second-order valence-electron chi connectivity index (χ2n) is 5.77. The Morgan fingerprint density at radius 2 is 2.10 bits per heavy atom. The van der Waals surface area contributed by atoms with Gasteiger partial charge >= 0.3 is 5.69 Å².